The van der Waals surface area contributed by atoms with E-state index in [1.54, 1.807) is 6.08 Å². The first-order valence-electron chi connectivity index (χ1n) is 11.0. The Morgan fingerprint density at radius 2 is 1.62 bits per heavy atom. The van der Waals surface area contributed by atoms with Gasteiger partial charge in [0.1, 0.15) is 6.04 Å². The van der Waals surface area contributed by atoms with Crippen LogP contribution in [0.1, 0.15) is 70.3 Å². The topological polar surface area (TPSA) is 66.4 Å². The minimum absolute atomic E-state index is 0.187. The fourth-order valence-electron chi connectivity index (χ4n) is 3.07. The number of unbranched alkanes of at least 4 members (excludes halogenated alkanes) is 8. The maximum atomic E-state index is 12.1. The third-order valence-electron chi connectivity index (χ3n) is 4.80. The Balaban J connectivity index is 2.20. The number of hydrogen-bond acceptors (Lipinski definition) is 3. The Morgan fingerprint density at radius 1 is 0.966 bits per heavy atom. The number of aliphatic hydroxyl groups is 1. The van der Waals surface area contributed by atoms with Crippen molar-refractivity contribution in [1.82, 2.24) is 5.32 Å². The van der Waals surface area contributed by atoms with Crippen LogP contribution >= 0.6 is 0 Å². The number of carbonyl (C=O) groups is 2. The standard InChI is InChI=1S/C25H37NO3/c1-2-3-4-5-6-7-8-9-10-11-12-16-19-24(28)23(21-27)26-25(29)20-22-17-14-13-15-18-22/h11-19,23,27H,2-10,20-21H2,1H3,(H,26,29)/b12-11+,19-16+/t23-/m0/s1. The van der Waals surface area contributed by atoms with E-state index in [-0.39, 0.29) is 18.1 Å². The quantitative estimate of drug-likeness (QED) is 0.236. The summed E-state index contributed by atoms with van der Waals surface area (Å²) in [5.41, 5.74) is 0.869. The molecule has 2 N–H and O–H groups in total. The van der Waals surface area contributed by atoms with Gasteiger partial charge in [0.2, 0.25) is 5.91 Å². The van der Waals surface area contributed by atoms with Crippen molar-refractivity contribution in [3.05, 3.63) is 60.2 Å². The Morgan fingerprint density at radius 3 is 2.28 bits per heavy atom. The van der Waals surface area contributed by atoms with Crippen molar-refractivity contribution in [3.8, 4) is 0 Å². The maximum Gasteiger partial charge on any atom is 0.225 e. The molecule has 0 fully saturated rings. The summed E-state index contributed by atoms with van der Waals surface area (Å²) in [6, 6.07) is 8.41. The van der Waals surface area contributed by atoms with Gasteiger partial charge in [0, 0.05) is 0 Å². The van der Waals surface area contributed by atoms with E-state index in [0.717, 1.165) is 12.0 Å². The normalized spacial score (nSPS) is 12.5. The Kier molecular flexibility index (Phi) is 14.3. The largest absolute Gasteiger partial charge is 0.394 e. The highest BCUT2D eigenvalue weighted by molar-refractivity contribution is 5.97. The highest BCUT2D eigenvalue weighted by Crippen LogP contribution is 2.09. The van der Waals surface area contributed by atoms with E-state index in [1.165, 1.54) is 57.4 Å². The number of amides is 1. The molecule has 1 amide bonds. The van der Waals surface area contributed by atoms with E-state index in [0.29, 0.717) is 0 Å². The summed E-state index contributed by atoms with van der Waals surface area (Å²) in [7, 11) is 0. The third-order valence-corrected chi connectivity index (χ3v) is 4.80. The summed E-state index contributed by atoms with van der Waals surface area (Å²) < 4.78 is 0. The number of aliphatic hydroxyl groups excluding tert-OH is 1. The second-order valence-electron chi connectivity index (χ2n) is 7.42. The van der Waals surface area contributed by atoms with E-state index in [9.17, 15) is 14.7 Å². The van der Waals surface area contributed by atoms with Crippen molar-refractivity contribution in [2.75, 3.05) is 6.61 Å². The average Bonchev–Trinajstić information content (AvgIpc) is 2.73. The molecule has 4 nitrogen and oxygen atoms in total. The van der Waals surface area contributed by atoms with Gasteiger partial charge in [-0.3, -0.25) is 9.59 Å². The van der Waals surface area contributed by atoms with Crippen molar-refractivity contribution in [2.24, 2.45) is 0 Å². The summed E-state index contributed by atoms with van der Waals surface area (Å²) in [6.07, 6.45) is 18.6. The second kappa shape index (κ2) is 16.7. The molecule has 0 saturated heterocycles. The van der Waals surface area contributed by atoms with E-state index >= 15 is 0 Å². The van der Waals surface area contributed by atoms with Crippen LogP contribution in [0.4, 0.5) is 0 Å². The molecule has 0 spiro atoms. The number of hydrogen-bond donors (Lipinski definition) is 2. The lowest BCUT2D eigenvalue weighted by atomic mass is 10.1. The van der Waals surface area contributed by atoms with Gasteiger partial charge in [-0.15, -0.1) is 0 Å². The zero-order valence-electron chi connectivity index (χ0n) is 17.8. The summed E-state index contributed by atoms with van der Waals surface area (Å²) >= 11 is 0. The van der Waals surface area contributed by atoms with Crippen molar-refractivity contribution < 1.29 is 14.7 Å². The van der Waals surface area contributed by atoms with E-state index in [4.69, 9.17) is 0 Å². The van der Waals surface area contributed by atoms with Crippen LogP contribution in [0.25, 0.3) is 0 Å². The van der Waals surface area contributed by atoms with Crippen LogP contribution in [0.2, 0.25) is 0 Å². The SMILES string of the molecule is CCCCCCCCCC/C=C/C=C/C(=O)[C@H](CO)NC(=O)Cc1ccccc1. The number of rotatable bonds is 16. The second-order valence-corrected chi connectivity index (χ2v) is 7.42. The highest BCUT2D eigenvalue weighted by atomic mass is 16.3. The molecule has 0 aliphatic carbocycles. The fraction of sp³-hybridized carbons (Fsp3) is 0.520. The zero-order chi connectivity index (χ0) is 21.2. The molecule has 29 heavy (non-hydrogen) atoms. The van der Waals surface area contributed by atoms with E-state index < -0.39 is 12.6 Å². The summed E-state index contributed by atoms with van der Waals surface area (Å²) in [5.74, 6) is -0.576. The first-order valence-corrected chi connectivity index (χ1v) is 11.0. The van der Waals surface area contributed by atoms with Gasteiger partial charge in [-0.2, -0.15) is 0 Å². The lowest BCUT2D eigenvalue weighted by Gasteiger charge is -2.13. The van der Waals surface area contributed by atoms with Crippen LogP contribution < -0.4 is 5.32 Å². The fourth-order valence-corrected chi connectivity index (χ4v) is 3.07. The van der Waals surface area contributed by atoms with E-state index in [2.05, 4.69) is 18.3 Å². The smallest absolute Gasteiger partial charge is 0.225 e. The molecule has 1 rings (SSSR count). The number of ketones is 1. The molecular formula is C25H37NO3. The van der Waals surface area contributed by atoms with Crippen LogP contribution in [-0.2, 0) is 16.0 Å². The predicted octanol–water partition coefficient (Wildman–Crippen LogP) is 4.92. The number of carbonyl (C=O) groups excluding carboxylic acids is 2. The first-order chi connectivity index (χ1) is 14.2. The summed E-state index contributed by atoms with van der Waals surface area (Å²) in [4.78, 5) is 24.2. The Hall–Kier alpha value is -2.20. The lowest BCUT2D eigenvalue weighted by Crippen LogP contribution is -2.43. The summed E-state index contributed by atoms with van der Waals surface area (Å²) in [6.45, 7) is 1.83. The molecule has 4 heteroatoms. The predicted molar refractivity (Wildman–Crippen MR) is 120 cm³/mol. The molecule has 1 aromatic rings. The highest BCUT2D eigenvalue weighted by Gasteiger charge is 2.17. The molecule has 0 unspecified atom stereocenters. The van der Waals surface area contributed by atoms with Crippen LogP contribution in [0, 0.1) is 0 Å². The number of nitrogens with one attached hydrogen (secondary N) is 1. The van der Waals surface area contributed by atoms with Gasteiger partial charge in [-0.25, -0.2) is 0 Å². The molecule has 0 aliphatic rings. The van der Waals surface area contributed by atoms with Crippen LogP contribution in [0.15, 0.2) is 54.6 Å². The Labute approximate surface area is 176 Å². The van der Waals surface area contributed by atoms with Gasteiger partial charge in [0.15, 0.2) is 5.78 Å². The molecule has 0 bridgehead atoms. The van der Waals surface area contributed by atoms with Gasteiger partial charge in [-0.1, -0.05) is 100 Å². The average molecular weight is 400 g/mol. The van der Waals surface area contributed by atoms with Crippen molar-refractivity contribution in [2.45, 2.75) is 77.2 Å². The molecule has 0 heterocycles. The monoisotopic (exact) mass is 399 g/mol. The van der Waals surface area contributed by atoms with E-state index in [1.807, 2.05) is 36.4 Å². The van der Waals surface area contributed by atoms with Gasteiger partial charge in [0.25, 0.3) is 0 Å². The van der Waals surface area contributed by atoms with Crippen molar-refractivity contribution >= 4 is 11.7 Å². The van der Waals surface area contributed by atoms with Gasteiger partial charge in [0.05, 0.1) is 13.0 Å². The molecule has 0 aromatic heterocycles. The zero-order valence-corrected chi connectivity index (χ0v) is 17.8. The first kappa shape index (κ1) is 24.8. The minimum atomic E-state index is -0.899. The van der Waals surface area contributed by atoms with Gasteiger partial charge >= 0.3 is 0 Å². The Bertz CT molecular complexity index is 622. The molecule has 1 atom stereocenters. The maximum absolute atomic E-state index is 12.1. The van der Waals surface area contributed by atoms with Crippen molar-refractivity contribution in [3.63, 3.8) is 0 Å². The molecular weight excluding hydrogens is 362 g/mol. The summed E-state index contributed by atoms with van der Waals surface area (Å²) in [5, 5.41) is 12.0. The molecule has 160 valence electrons. The lowest BCUT2D eigenvalue weighted by molar-refractivity contribution is -0.126. The van der Waals surface area contributed by atoms with Crippen molar-refractivity contribution in [1.29, 1.82) is 0 Å². The molecule has 0 radical (unpaired) electrons. The van der Waals surface area contributed by atoms with Gasteiger partial charge < -0.3 is 10.4 Å². The van der Waals surface area contributed by atoms with Gasteiger partial charge in [-0.05, 0) is 24.5 Å². The molecule has 0 aliphatic heterocycles. The third kappa shape index (κ3) is 12.8. The minimum Gasteiger partial charge on any atom is -0.394 e. The number of benzene rings is 1. The van der Waals surface area contributed by atoms with Crippen LogP contribution in [0.3, 0.4) is 0 Å². The molecule has 0 saturated carbocycles. The van der Waals surface area contributed by atoms with Crippen LogP contribution in [-0.4, -0.2) is 29.4 Å². The molecule has 1 aromatic carbocycles. The number of allylic oxidation sites excluding steroid dienone is 3. The van der Waals surface area contributed by atoms with Crippen LogP contribution in [0.5, 0.6) is 0 Å².